The van der Waals surface area contributed by atoms with Crippen LogP contribution in [0.1, 0.15) is 0 Å². The van der Waals surface area contributed by atoms with Crippen LogP contribution >= 0.6 is 0 Å². The average Bonchev–Trinajstić information content (AvgIpc) is 3.06. The summed E-state index contributed by atoms with van der Waals surface area (Å²) in [5, 5.41) is 3.73. The van der Waals surface area contributed by atoms with Gasteiger partial charge in [0, 0.05) is 16.8 Å². The maximum atomic E-state index is 14.0. The van der Waals surface area contributed by atoms with Crippen molar-refractivity contribution < 1.29 is 8.42 Å². The normalized spacial score (nSPS) is 16.4. The molecule has 0 saturated carbocycles. The van der Waals surface area contributed by atoms with Gasteiger partial charge in [0.15, 0.2) is 0 Å². The first-order valence-corrected chi connectivity index (χ1v) is 16.0. The van der Waals surface area contributed by atoms with E-state index >= 15 is 0 Å². The van der Waals surface area contributed by atoms with Crippen LogP contribution in [-0.2, 0) is 21.6 Å². The molecule has 2 heterocycles. The predicted octanol–water partition coefficient (Wildman–Crippen LogP) is 9.19. The Morgan fingerprint density at radius 3 is 1.81 bits per heavy atom. The molecule has 0 saturated heterocycles. The molecule has 0 radical (unpaired) electrons. The summed E-state index contributed by atoms with van der Waals surface area (Å²) in [6, 6.07) is 46.3. The van der Waals surface area contributed by atoms with Crippen LogP contribution in [0.3, 0.4) is 0 Å². The van der Waals surface area contributed by atoms with E-state index in [0.717, 1.165) is 50.7 Å². The first-order chi connectivity index (χ1) is 20.7. The van der Waals surface area contributed by atoms with E-state index < -0.39 is 21.6 Å². The summed E-state index contributed by atoms with van der Waals surface area (Å²) < 4.78 is 27.7. The van der Waals surface area contributed by atoms with Gasteiger partial charge in [-0.25, -0.2) is 8.42 Å². The summed E-state index contributed by atoms with van der Waals surface area (Å²) in [6.07, 6.45) is 0. The first kappa shape index (κ1) is 25.0. The largest absolute Gasteiger partial charge is 0.352 e. The lowest BCUT2D eigenvalue weighted by Gasteiger charge is -2.35. The molecule has 2 aliphatic rings. The third kappa shape index (κ3) is 3.80. The lowest BCUT2D eigenvalue weighted by molar-refractivity contribution is 0.666. The van der Waals surface area contributed by atoms with E-state index in [1.54, 1.807) is 0 Å². The molecule has 2 unspecified atom stereocenters. The Balaban J connectivity index is 1.34. The highest BCUT2D eigenvalue weighted by Crippen LogP contribution is 2.52. The molecule has 0 aliphatic carbocycles. The lowest BCUT2D eigenvalue weighted by Crippen LogP contribution is -2.18. The molecule has 0 aromatic heterocycles. The van der Waals surface area contributed by atoms with Crippen molar-refractivity contribution in [3.63, 3.8) is 0 Å². The van der Waals surface area contributed by atoms with E-state index in [2.05, 4.69) is 83.0 Å². The smallest absolute Gasteiger partial charge is 0.0880 e. The van der Waals surface area contributed by atoms with Gasteiger partial charge in [-0.3, -0.25) is 0 Å². The van der Waals surface area contributed by atoms with Crippen LogP contribution in [0.4, 0.5) is 28.4 Å². The van der Waals surface area contributed by atoms with Crippen molar-refractivity contribution in [2.75, 3.05) is 10.2 Å². The van der Waals surface area contributed by atoms with Gasteiger partial charge in [0.2, 0.25) is 0 Å². The molecule has 0 spiro atoms. The number of anilines is 5. The maximum absolute atomic E-state index is 14.0. The standard InChI is InChI=1S/C36H24N2O2S2/c39-41-32-21-8-9-22-33(32)42(40)36-28(17-11-23-34(36)41)26-15-5-4-14-25(26)27-16-10-20-31-35(27)37-29-18-6-7-19-30(29)38(31)24-12-2-1-3-13-24/h1-23,37H. The summed E-state index contributed by atoms with van der Waals surface area (Å²) in [7, 11) is -2.88. The molecule has 8 rings (SSSR count). The summed E-state index contributed by atoms with van der Waals surface area (Å²) in [6.45, 7) is 0. The molecule has 0 bridgehead atoms. The van der Waals surface area contributed by atoms with Gasteiger partial charge < -0.3 is 10.2 Å². The number of hydrogen-bond acceptors (Lipinski definition) is 4. The molecule has 0 fully saturated rings. The minimum atomic E-state index is -1.47. The zero-order chi connectivity index (χ0) is 28.2. The van der Waals surface area contributed by atoms with Crippen molar-refractivity contribution >= 4 is 50.0 Å². The minimum Gasteiger partial charge on any atom is -0.352 e. The Hall–Kier alpha value is -4.78. The van der Waals surface area contributed by atoms with Crippen LogP contribution in [0.15, 0.2) is 159 Å². The van der Waals surface area contributed by atoms with Gasteiger partial charge in [0.1, 0.15) is 0 Å². The molecule has 202 valence electrons. The van der Waals surface area contributed by atoms with Crippen molar-refractivity contribution in [1.82, 2.24) is 0 Å². The van der Waals surface area contributed by atoms with Gasteiger partial charge in [0.25, 0.3) is 0 Å². The third-order valence-electron chi connectivity index (χ3n) is 7.82. The van der Waals surface area contributed by atoms with E-state index in [4.69, 9.17) is 0 Å². The number of benzene rings is 6. The Kier molecular flexibility index (Phi) is 5.91. The number of fused-ring (bicyclic) bond motifs is 4. The second-order valence-electron chi connectivity index (χ2n) is 10.2. The number of nitrogens with zero attached hydrogens (tertiary/aromatic N) is 1. The molecule has 2 atom stereocenters. The molecule has 6 aromatic rings. The van der Waals surface area contributed by atoms with Crippen LogP contribution in [0, 0.1) is 0 Å². The van der Waals surface area contributed by atoms with E-state index in [1.165, 1.54) is 0 Å². The number of rotatable bonds is 3. The van der Waals surface area contributed by atoms with E-state index in [9.17, 15) is 8.42 Å². The molecular weight excluding hydrogens is 557 g/mol. The fourth-order valence-corrected chi connectivity index (χ4v) is 9.36. The SMILES string of the molecule is O=S1c2ccccc2S(=O)c2c(-c3ccccc3-c3cccc4c3Nc3ccccc3N4c3ccccc3)cccc21. The van der Waals surface area contributed by atoms with Crippen LogP contribution in [0.5, 0.6) is 0 Å². The van der Waals surface area contributed by atoms with Gasteiger partial charge in [0.05, 0.1) is 63.9 Å². The van der Waals surface area contributed by atoms with Gasteiger partial charge >= 0.3 is 0 Å². The van der Waals surface area contributed by atoms with Crippen molar-refractivity contribution in [3.05, 3.63) is 140 Å². The highest BCUT2D eigenvalue weighted by molar-refractivity contribution is 7.91. The number of hydrogen-bond donors (Lipinski definition) is 1. The second-order valence-corrected chi connectivity index (χ2v) is 13.0. The van der Waals surface area contributed by atoms with Gasteiger partial charge in [-0.15, -0.1) is 0 Å². The third-order valence-corrected chi connectivity index (χ3v) is 11.1. The summed E-state index contributed by atoms with van der Waals surface area (Å²) in [5.74, 6) is 0. The van der Waals surface area contributed by atoms with Crippen LogP contribution in [0.25, 0.3) is 22.3 Å². The fraction of sp³-hybridized carbons (Fsp3) is 0. The summed E-state index contributed by atoms with van der Waals surface area (Å²) in [4.78, 5) is 4.75. The first-order valence-electron chi connectivity index (χ1n) is 13.7. The predicted molar refractivity (Wildman–Crippen MR) is 171 cm³/mol. The van der Waals surface area contributed by atoms with Crippen molar-refractivity contribution in [3.8, 4) is 22.3 Å². The van der Waals surface area contributed by atoms with Crippen LogP contribution in [-0.4, -0.2) is 8.42 Å². The molecular formula is C36H24N2O2S2. The number of nitrogens with one attached hydrogen (secondary N) is 1. The van der Waals surface area contributed by atoms with Crippen molar-refractivity contribution in [2.24, 2.45) is 0 Å². The Labute approximate surface area is 249 Å². The average molecular weight is 581 g/mol. The quantitative estimate of drug-likeness (QED) is 0.226. The summed E-state index contributed by atoms with van der Waals surface area (Å²) >= 11 is 0. The minimum absolute atomic E-state index is 0.608. The Morgan fingerprint density at radius 1 is 0.452 bits per heavy atom. The molecule has 2 aliphatic heterocycles. The molecule has 4 nitrogen and oxygen atoms in total. The molecule has 42 heavy (non-hydrogen) atoms. The van der Waals surface area contributed by atoms with Crippen molar-refractivity contribution in [2.45, 2.75) is 19.6 Å². The van der Waals surface area contributed by atoms with Gasteiger partial charge in [-0.05, 0) is 59.7 Å². The fourth-order valence-electron chi connectivity index (χ4n) is 5.98. The van der Waals surface area contributed by atoms with Gasteiger partial charge in [-0.2, -0.15) is 0 Å². The number of para-hydroxylation sites is 4. The van der Waals surface area contributed by atoms with E-state index in [-0.39, 0.29) is 0 Å². The maximum Gasteiger partial charge on any atom is 0.0880 e. The monoisotopic (exact) mass is 580 g/mol. The highest BCUT2D eigenvalue weighted by Gasteiger charge is 2.32. The highest BCUT2D eigenvalue weighted by atomic mass is 32.2. The van der Waals surface area contributed by atoms with E-state index in [0.29, 0.717) is 19.6 Å². The van der Waals surface area contributed by atoms with Gasteiger partial charge in [-0.1, -0.05) is 91.0 Å². The van der Waals surface area contributed by atoms with Crippen LogP contribution < -0.4 is 10.2 Å². The molecule has 6 heteroatoms. The zero-order valence-corrected chi connectivity index (χ0v) is 24.0. The zero-order valence-electron chi connectivity index (χ0n) is 22.4. The second kappa shape index (κ2) is 9.94. The molecule has 0 amide bonds. The van der Waals surface area contributed by atoms with Crippen molar-refractivity contribution in [1.29, 1.82) is 0 Å². The molecule has 6 aromatic carbocycles. The lowest BCUT2D eigenvalue weighted by atomic mass is 9.92. The topological polar surface area (TPSA) is 49.4 Å². The van der Waals surface area contributed by atoms with E-state index in [1.807, 2.05) is 66.7 Å². The summed E-state index contributed by atoms with van der Waals surface area (Å²) in [5.41, 5.74) is 9.01. The van der Waals surface area contributed by atoms with Crippen LogP contribution in [0.2, 0.25) is 0 Å². The Morgan fingerprint density at radius 2 is 1.00 bits per heavy atom. The molecule has 1 N–H and O–H groups in total. The Bertz CT molecular complexity index is 2070.